The van der Waals surface area contributed by atoms with Gasteiger partial charge in [-0.15, -0.1) is 11.3 Å². The predicted octanol–water partition coefficient (Wildman–Crippen LogP) is 3.82. The lowest BCUT2D eigenvalue weighted by Crippen LogP contribution is -2.25. The third kappa shape index (κ3) is 2.90. The fourth-order valence-corrected chi connectivity index (χ4v) is 3.37. The summed E-state index contributed by atoms with van der Waals surface area (Å²) in [7, 11) is 2.04. The molecule has 0 saturated heterocycles. The van der Waals surface area contributed by atoms with Gasteiger partial charge in [0, 0.05) is 11.9 Å². The lowest BCUT2D eigenvalue weighted by molar-refractivity contribution is 0.326. The highest BCUT2D eigenvalue weighted by Crippen LogP contribution is 2.33. The lowest BCUT2D eigenvalue weighted by atomic mass is 10.2. The van der Waals surface area contributed by atoms with E-state index in [1.165, 1.54) is 10.4 Å². The fraction of sp³-hybridized carbons (Fsp3) is 0.294. The number of hydrogen-bond donors (Lipinski definition) is 0. The number of ether oxygens (including phenoxy) is 1. The third-order valence-electron chi connectivity index (χ3n) is 3.75. The van der Waals surface area contributed by atoms with Crippen LogP contribution in [0.3, 0.4) is 0 Å². The number of fused-ring (bicyclic) bond motifs is 1. The Hall–Kier alpha value is -2.14. The summed E-state index contributed by atoms with van der Waals surface area (Å²) in [6, 6.07) is 9.87. The van der Waals surface area contributed by atoms with Crippen molar-refractivity contribution in [3.8, 4) is 5.75 Å². The highest BCUT2D eigenvalue weighted by atomic mass is 32.1. The molecule has 0 N–H and O–H groups in total. The van der Waals surface area contributed by atoms with Gasteiger partial charge in [0.2, 0.25) is 0 Å². The summed E-state index contributed by atoms with van der Waals surface area (Å²) in [5, 5.41) is 1.16. The van der Waals surface area contributed by atoms with Gasteiger partial charge in [0.25, 0.3) is 0 Å². The minimum Gasteiger partial charge on any atom is -0.492 e. The summed E-state index contributed by atoms with van der Waals surface area (Å²) in [6.07, 6.45) is 1.64. The van der Waals surface area contributed by atoms with E-state index in [2.05, 4.69) is 28.7 Å². The van der Waals surface area contributed by atoms with Gasteiger partial charge >= 0.3 is 0 Å². The molecule has 0 aliphatic carbocycles. The van der Waals surface area contributed by atoms with Crippen molar-refractivity contribution in [3.05, 3.63) is 47.1 Å². The largest absolute Gasteiger partial charge is 0.492 e. The average molecular weight is 313 g/mol. The zero-order valence-electron chi connectivity index (χ0n) is 13.0. The molecule has 4 nitrogen and oxygen atoms in total. The van der Waals surface area contributed by atoms with Crippen LogP contribution in [-0.2, 0) is 0 Å². The van der Waals surface area contributed by atoms with Crippen molar-refractivity contribution in [1.82, 2.24) is 9.97 Å². The number of nitrogens with zero attached hydrogens (tertiary/aromatic N) is 3. The SMILES string of the molecule is Cc1sc2ncnc(N(C)CCOc3ccccc3)c2c1C. The molecule has 1 aromatic carbocycles. The van der Waals surface area contributed by atoms with Crippen molar-refractivity contribution in [2.45, 2.75) is 13.8 Å². The van der Waals surface area contributed by atoms with E-state index >= 15 is 0 Å². The highest BCUT2D eigenvalue weighted by Gasteiger charge is 2.14. The molecule has 0 aliphatic rings. The highest BCUT2D eigenvalue weighted by molar-refractivity contribution is 7.18. The van der Waals surface area contributed by atoms with Gasteiger partial charge in [-0.3, -0.25) is 0 Å². The first-order chi connectivity index (χ1) is 10.7. The molecular weight excluding hydrogens is 294 g/mol. The molecule has 0 saturated carbocycles. The van der Waals surface area contributed by atoms with Gasteiger partial charge in [0.1, 0.15) is 29.3 Å². The standard InChI is InChI=1S/C17H19N3OS/c1-12-13(2)22-17-15(12)16(18-11-19-17)20(3)9-10-21-14-7-5-4-6-8-14/h4-8,11H,9-10H2,1-3H3. The lowest BCUT2D eigenvalue weighted by Gasteiger charge is -2.19. The molecule has 2 heterocycles. The molecule has 2 aromatic heterocycles. The van der Waals surface area contributed by atoms with Crippen LogP contribution in [0.25, 0.3) is 10.2 Å². The molecule has 114 valence electrons. The van der Waals surface area contributed by atoms with Crippen molar-refractivity contribution < 1.29 is 4.74 Å². The van der Waals surface area contributed by atoms with Crippen LogP contribution >= 0.6 is 11.3 Å². The van der Waals surface area contributed by atoms with E-state index in [0.29, 0.717) is 6.61 Å². The summed E-state index contributed by atoms with van der Waals surface area (Å²) in [4.78, 5) is 13.3. The van der Waals surface area contributed by atoms with Gasteiger partial charge in [0.05, 0.1) is 11.9 Å². The zero-order valence-corrected chi connectivity index (χ0v) is 13.9. The van der Waals surface area contributed by atoms with E-state index < -0.39 is 0 Å². The van der Waals surface area contributed by atoms with Crippen LogP contribution in [-0.4, -0.2) is 30.2 Å². The van der Waals surface area contributed by atoms with Crippen LogP contribution < -0.4 is 9.64 Å². The van der Waals surface area contributed by atoms with Gasteiger partial charge in [0.15, 0.2) is 0 Å². The quantitative estimate of drug-likeness (QED) is 0.717. The van der Waals surface area contributed by atoms with E-state index in [0.717, 1.165) is 28.3 Å². The third-order valence-corrected chi connectivity index (χ3v) is 4.86. The van der Waals surface area contributed by atoms with Gasteiger partial charge in [-0.1, -0.05) is 18.2 Å². The van der Waals surface area contributed by atoms with E-state index in [9.17, 15) is 0 Å². The normalized spacial score (nSPS) is 10.9. The van der Waals surface area contributed by atoms with Crippen LogP contribution in [0.2, 0.25) is 0 Å². The number of aromatic nitrogens is 2. The van der Waals surface area contributed by atoms with E-state index in [1.54, 1.807) is 17.7 Å². The zero-order chi connectivity index (χ0) is 15.5. The molecule has 3 rings (SSSR count). The number of likely N-dealkylation sites (N-methyl/N-ethyl adjacent to an activating group) is 1. The molecule has 0 unspecified atom stereocenters. The van der Waals surface area contributed by atoms with Crippen molar-refractivity contribution in [1.29, 1.82) is 0 Å². The smallest absolute Gasteiger partial charge is 0.140 e. The summed E-state index contributed by atoms with van der Waals surface area (Å²) >= 11 is 1.72. The molecule has 0 radical (unpaired) electrons. The minimum atomic E-state index is 0.619. The van der Waals surface area contributed by atoms with E-state index in [4.69, 9.17) is 4.74 Å². The average Bonchev–Trinajstić information content (AvgIpc) is 2.83. The van der Waals surface area contributed by atoms with Crippen LogP contribution in [0, 0.1) is 13.8 Å². The van der Waals surface area contributed by atoms with Crippen LogP contribution in [0.5, 0.6) is 5.75 Å². The molecular formula is C17H19N3OS. The Balaban J connectivity index is 1.74. The molecule has 0 aliphatic heterocycles. The Labute approximate surface area is 134 Å². The Morgan fingerprint density at radius 3 is 2.68 bits per heavy atom. The number of para-hydroxylation sites is 1. The first kappa shape index (κ1) is 14.8. The molecule has 5 heteroatoms. The van der Waals surface area contributed by atoms with Gasteiger partial charge in [-0.25, -0.2) is 9.97 Å². The predicted molar refractivity (Wildman–Crippen MR) is 92.1 cm³/mol. The number of rotatable bonds is 5. The number of anilines is 1. The summed E-state index contributed by atoms with van der Waals surface area (Å²) in [6.45, 7) is 5.66. The van der Waals surface area contributed by atoms with Gasteiger partial charge < -0.3 is 9.64 Å². The first-order valence-electron chi connectivity index (χ1n) is 7.26. The maximum absolute atomic E-state index is 5.76. The maximum Gasteiger partial charge on any atom is 0.140 e. The van der Waals surface area contributed by atoms with Crippen molar-refractivity contribution in [2.75, 3.05) is 25.1 Å². The van der Waals surface area contributed by atoms with E-state index in [1.807, 2.05) is 37.4 Å². The summed E-state index contributed by atoms with van der Waals surface area (Å²) in [5.41, 5.74) is 1.27. The fourth-order valence-electron chi connectivity index (χ4n) is 2.38. The number of hydrogen-bond acceptors (Lipinski definition) is 5. The molecule has 0 amide bonds. The first-order valence-corrected chi connectivity index (χ1v) is 8.08. The van der Waals surface area contributed by atoms with Crippen LogP contribution in [0.15, 0.2) is 36.7 Å². The van der Waals surface area contributed by atoms with Crippen LogP contribution in [0.4, 0.5) is 5.82 Å². The van der Waals surface area contributed by atoms with Crippen molar-refractivity contribution in [3.63, 3.8) is 0 Å². The van der Waals surface area contributed by atoms with E-state index in [-0.39, 0.29) is 0 Å². The Morgan fingerprint density at radius 1 is 1.14 bits per heavy atom. The minimum absolute atomic E-state index is 0.619. The molecule has 3 aromatic rings. The van der Waals surface area contributed by atoms with Crippen molar-refractivity contribution >= 4 is 27.4 Å². The molecule has 0 fully saturated rings. The molecule has 0 bridgehead atoms. The number of thiophene rings is 1. The van der Waals surface area contributed by atoms with Crippen molar-refractivity contribution in [2.24, 2.45) is 0 Å². The number of benzene rings is 1. The topological polar surface area (TPSA) is 38.2 Å². The Bertz CT molecular complexity index is 770. The maximum atomic E-state index is 5.76. The monoisotopic (exact) mass is 313 g/mol. The second-order valence-corrected chi connectivity index (χ2v) is 6.45. The number of aryl methyl sites for hydroxylation is 2. The summed E-state index contributed by atoms with van der Waals surface area (Å²) in [5.74, 6) is 1.87. The molecule has 0 spiro atoms. The Morgan fingerprint density at radius 2 is 1.91 bits per heavy atom. The van der Waals surface area contributed by atoms with Gasteiger partial charge in [-0.05, 0) is 31.5 Å². The van der Waals surface area contributed by atoms with Crippen LogP contribution in [0.1, 0.15) is 10.4 Å². The Kier molecular flexibility index (Phi) is 4.24. The second-order valence-electron chi connectivity index (χ2n) is 5.24. The van der Waals surface area contributed by atoms with Gasteiger partial charge in [-0.2, -0.15) is 0 Å². The molecule has 0 atom stereocenters. The second kappa shape index (κ2) is 6.32. The molecule has 22 heavy (non-hydrogen) atoms. The summed E-state index contributed by atoms with van der Waals surface area (Å²) < 4.78 is 5.76.